The van der Waals surface area contributed by atoms with Gasteiger partial charge in [-0.3, -0.25) is 4.79 Å². The van der Waals surface area contributed by atoms with Crippen LogP contribution in [0.1, 0.15) is 37.6 Å². The third-order valence-electron chi connectivity index (χ3n) is 3.62. The Bertz CT molecular complexity index is 636. The van der Waals surface area contributed by atoms with Gasteiger partial charge in [0.25, 0.3) is 5.91 Å². The molecule has 1 amide bonds. The summed E-state index contributed by atoms with van der Waals surface area (Å²) in [5.41, 5.74) is 0.226. The van der Waals surface area contributed by atoms with Crippen LogP contribution in [0.2, 0.25) is 0 Å². The minimum Gasteiger partial charge on any atom is -0.480 e. The number of nitrogens with one attached hydrogen (secondary N) is 1. The predicted octanol–water partition coefficient (Wildman–Crippen LogP) is 1.71. The van der Waals surface area contributed by atoms with Crippen LogP contribution < -0.4 is 5.32 Å². The zero-order chi connectivity index (χ0) is 16.9. The van der Waals surface area contributed by atoms with Gasteiger partial charge in [-0.15, -0.1) is 0 Å². The lowest BCUT2D eigenvalue weighted by molar-refractivity contribution is -0.140. The second kappa shape index (κ2) is 7.40. The first-order valence-electron chi connectivity index (χ1n) is 7.09. The molecule has 6 nitrogen and oxygen atoms in total. The van der Waals surface area contributed by atoms with Crippen LogP contribution in [-0.4, -0.2) is 37.2 Å². The number of carbonyl (C=O) groups excluding carboxylic acids is 1. The maximum absolute atomic E-state index is 12.1. The highest BCUT2D eigenvalue weighted by atomic mass is 32.2. The van der Waals surface area contributed by atoms with Crippen molar-refractivity contribution >= 4 is 21.7 Å². The van der Waals surface area contributed by atoms with Crippen molar-refractivity contribution < 1.29 is 23.1 Å². The topological polar surface area (TPSA) is 101 Å². The number of hydrogen-bond donors (Lipinski definition) is 2. The van der Waals surface area contributed by atoms with E-state index in [2.05, 4.69) is 5.32 Å². The molecule has 122 valence electrons. The number of carbonyl (C=O) groups is 2. The molecule has 0 aliphatic carbocycles. The first-order chi connectivity index (χ1) is 10.2. The normalized spacial score (nSPS) is 14.1. The highest BCUT2D eigenvalue weighted by Crippen LogP contribution is 2.13. The van der Waals surface area contributed by atoms with Gasteiger partial charge in [-0.1, -0.05) is 27.2 Å². The number of carboxylic acids is 1. The van der Waals surface area contributed by atoms with Crippen LogP contribution in [0, 0.1) is 5.92 Å². The third-order valence-corrected chi connectivity index (χ3v) is 5.37. The molecule has 1 rings (SSSR count). The Morgan fingerprint density at radius 1 is 1.18 bits per heavy atom. The van der Waals surface area contributed by atoms with Crippen molar-refractivity contribution in [1.82, 2.24) is 5.32 Å². The molecule has 2 atom stereocenters. The predicted molar refractivity (Wildman–Crippen MR) is 82.5 cm³/mol. The van der Waals surface area contributed by atoms with Gasteiger partial charge in [-0.2, -0.15) is 0 Å². The minimum absolute atomic E-state index is 0.0202. The fourth-order valence-corrected chi connectivity index (χ4v) is 2.77. The summed E-state index contributed by atoms with van der Waals surface area (Å²) in [6.45, 7) is 5.13. The lowest BCUT2D eigenvalue weighted by Crippen LogP contribution is -2.45. The highest BCUT2D eigenvalue weighted by molar-refractivity contribution is 7.91. The van der Waals surface area contributed by atoms with Crippen LogP contribution >= 0.6 is 0 Å². The monoisotopic (exact) mass is 327 g/mol. The van der Waals surface area contributed by atoms with Crippen molar-refractivity contribution in [2.75, 3.05) is 5.75 Å². The molecule has 0 aliphatic heterocycles. The quantitative estimate of drug-likeness (QED) is 0.794. The smallest absolute Gasteiger partial charge is 0.326 e. The SMILES string of the molecule is CCC(C)C(NC(=O)c1ccc(S(=O)(=O)CC)cc1)C(=O)O. The molecule has 0 aliphatic rings. The van der Waals surface area contributed by atoms with Gasteiger partial charge in [-0.05, 0) is 30.2 Å². The Kier molecular flexibility index (Phi) is 6.11. The van der Waals surface area contributed by atoms with Gasteiger partial charge < -0.3 is 10.4 Å². The molecule has 0 aromatic heterocycles. The van der Waals surface area contributed by atoms with Crippen LogP contribution in [-0.2, 0) is 14.6 Å². The Hall–Kier alpha value is -1.89. The van der Waals surface area contributed by atoms with E-state index >= 15 is 0 Å². The van der Waals surface area contributed by atoms with Gasteiger partial charge in [0.2, 0.25) is 0 Å². The average molecular weight is 327 g/mol. The van der Waals surface area contributed by atoms with Crippen molar-refractivity contribution in [3.05, 3.63) is 29.8 Å². The Morgan fingerprint density at radius 2 is 1.73 bits per heavy atom. The van der Waals surface area contributed by atoms with Crippen LogP contribution in [0.25, 0.3) is 0 Å². The number of amides is 1. The molecule has 0 saturated heterocycles. The van der Waals surface area contributed by atoms with E-state index in [1.54, 1.807) is 13.8 Å². The summed E-state index contributed by atoms with van der Waals surface area (Å²) in [7, 11) is -3.32. The van der Waals surface area contributed by atoms with Gasteiger partial charge in [0.1, 0.15) is 6.04 Å². The van der Waals surface area contributed by atoms with E-state index in [-0.39, 0.29) is 22.1 Å². The molecule has 2 N–H and O–H groups in total. The molecule has 2 unspecified atom stereocenters. The summed E-state index contributed by atoms with van der Waals surface area (Å²) in [5.74, 6) is -1.85. The summed E-state index contributed by atoms with van der Waals surface area (Å²) < 4.78 is 23.4. The van der Waals surface area contributed by atoms with Crippen LogP contribution in [0.3, 0.4) is 0 Å². The molecule has 0 fully saturated rings. The molecule has 0 heterocycles. The molecule has 0 bridgehead atoms. The van der Waals surface area contributed by atoms with E-state index in [4.69, 9.17) is 5.11 Å². The molecule has 0 radical (unpaired) electrons. The Labute approximate surface area is 130 Å². The second-order valence-electron chi connectivity index (χ2n) is 5.10. The van der Waals surface area contributed by atoms with Gasteiger partial charge in [0, 0.05) is 5.56 Å². The summed E-state index contributed by atoms with van der Waals surface area (Å²) in [6, 6.07) is 4.50. The Balaban J connectivity index is 2.92. The van der Waals surface area contributed by atoms with Crippen molar-refractivity contribution in [2.24, 2.45) is 5.92 Å². The number of sulfone groups is 1. The van der Waals surface area contributed by atoms with Crippen molar-refractivity contribution in [3.63, 3.8) is 0 Å². The van der Waals surface area contributed by atoms with E-state index in [1.165, 1.54) is 24.3 Å². The third kappa shape index (κ3) is 4.30. The fourth-order valence-electron chi connectivity index (χ4n) is 1.89. The highest BCUT2D eigenvalue weighted by Gasteiger charge is 2.25. The molecule has 1 aromatic carbocycles. The van der Waals surface area contributed by atoms with Crippen molar-refractivity contribution in [2.45, 2.75) is 38.1 Å². The number of carboxylic acid groups (broad SMARTS) is 1. The maximum atomic E-state index is 12.1. The lowest BCUT2D eigenvalue weighted by Gasteiger charge is -2.20. The minimum atomic E-state index is -3.32. The first kappa shape index (κ1) is 18.2. The molecule has 0 spiro atoms. The lowest BCUT2D eigenvalue weighted by atomic mass is 9.99. The van der Waals surface area contributed by atoms with Gasteiger partial charge in [0.05, 0.1) is 10.6 Å². The molecule has 22 heavy (non-hydrogen) atoms. The fraction of sp³-hybridized carbons (Fsp3) is 0.467. The van der Waals surface area contributed by atoms with Crippen LogP contribution in [0.4, 0.5) is 0 Å². The Morgan fingerprint density at radius 3 is 2.14 bits per heavy atom. The molecule has 7 heteroatoms. The van der Waals surface area contributed by atoms with E-state index in [0.29, 0.717) is 6.42 Å². The largest absolute Gasteiger partial charge is 0.480 e. The summed E-state index contributed by atoms with van der Waals surface area (Å²) >= 11 is 0. The number of rotatable bonds is 7. The second-order valence-corrected chi connectivity index (χ2v) is 7.38. The first-order valence-corrected chi connectivity index (χ1v) is 8.74. The number of hydrogen-bond acceptors (Lipinski definition) is 4. The number of aliphatic carboxylic acids is 1. The number of benzene rings is 1. The van der Waals surface area contributed by atoms with Crippen molar-refractivity contribution in [3.8, 4) is 0 Å². The van der Waals surface area contributed by atoms with E-state index in [0.717, 1.165) is 0 Å². The summed E-state index contributed by atoms with van der Waals surface area (Å²) in [6.07, 6.45) is 0.616. The summed E-state index contributed by atoms with van der Waals surface area (Å²) in [5, 5.41) is 11.6. The molecular formula is C15H21NO5S. The average Bonchev–Trinajstić information content (AvgIpc) is 2.51. The van der Waals surface area contributed by atoms with Gasteiger partial charge in [0.15, 0.2) is 9.84 Å². The molecular weight excluding hydrogens is 306 g/mol. The zero-order valence-electron chi connectivity index (χ0n) is 12.9. The van der Waals surface area contributed by atoms with E-state index in [9.17, 15) is 18.0 Å². The van der Waals surface area contributed by atoms with E-state index in [1.807, 2.05) is 6.92 Å². The standard InChI is InChI=1S/C15H21NO5S/c1-4-10(3)13(15(18)19)16-14(17)11-6-8-12(9-7-11)22(20,21)5-2/h6-10,13H,4-5H2,1-3H3,(H,16,17)(H,18,19). The van der Waals surface area contributed by atoms with Crippen LogP contribution in [0.15, 0.2) is 29.2 Å². The molecule has 1 aromatic rings. The zero-order valence-corrected chi connectivity index (χ0v) is 13.7. The van der Waals surface area contributed by atoms with Gasteiger partial charge in [-0.25, -0.2) is 13.2 Å². The maximum Gasteiger partial charge on any atom is 0.326 e. The van der Waals surface area contributed by atoms with Gasteiger partial charge >= 0.3 is 5.97 Å². The van der Waals surface area contributed by atoms with E-state index < -0.39 is 27.8 Å². The van der Waals surface area contributed by atoms with Crippen molar-refractivity contribution in [1.29, 1.82) is 0 Å². The molecule has 0 saturated carbocycles. The van der Waals surface area contributed by atoms with Crippen LogP contribution in [0.5, 0.6) is 0 Å². The summed E-state index contributed by atoms with van der Waals surface area (Å²) in [4.78, 5) is 23.4.